The van der Waals surface area contributed by atoms with E-state index in [1.54, 1.807) is 6.07 Å². The van der Waals surface area contributed by atoms with Crippen molar-refractivity contribution in [2.24, 2.45) is 0 Å². The van der Waals surface area contributed by atoms with Crippen molar-refractivity contribution in [3.63, 3.8) is 0 Å². The van der Waals surface area contributed by atoms with Crippen LogP contribution >= 0.6 is 11.3 Å². The Balaban J connectivity index is 1.68. The Labute approximate surface area is 186 Å². The monoisotopic (exact) mass is 440 g/mol. The summed E-state index contributed by atoms with van der Waals surface area (Å²) in [6, 6.07) is 11.2. The molecule has 0 bridgehead atoms. The molecule has 8 heteroatoms. The number of carbonyl (C=O) groups excluding carboxylic acids is 2. The van der Waals surface area contributed by atoms with Crippen molar-refractivity contribution in [2.75, 3.05) is 10.6 Å². The van der Waals surface area contributed by atoms with Gasteiger partial charge in [0.15, 0.2) is 5.13 Å². The molecule has 0 atom stereocenters. The molecule has 0 spiro atoms. The third-order valence-corrected chi connectivity index (χ3v) is 5.32. The zero-order valence-electron chi connectivity index (χ0n) is 18.4. The summed E-state index contributed by atoms with van der Waals surface area (Å²) in [5.74, 6) is -0.329. The molecule has 1 aromatic carbocycles. The summed E-state index contributed by atoms with van der Waals surface area (Å²) >= 11 is 1.38. The maximum atomic E-state index is 12.9. The first-order valence-electron chi connectivity index (χ1n) is 10.1. The van der Waals surface area contributed by atoms with Gasteiger partial charge in [0.25, 0.3) is 5.91 Å². The molecule has 2 amide bonds. The third-order valence-electron chi connectivity index (χ3n) is 4.56. The van der Waals surface area contributed by atoms with Crippen LogP contribution in [0.2, 0.25) is 0 Å². The molecule has 0 fully saturated rings. The SMILES string of the molecule is CC(=O)Nc1ccc(Cn2cccc2C(=O)Nc2nc(C(C)(C)OC(C)C)cs2)cc1. The van der Waals surface area contributed by atoms with Gasteiger partial charge in [0.1, 0.15) is 11.3 Å². The van der Waals surface area contributed by atoms with Crippen molar-refractivity contribution in [3.05, 3.63) is 64.9 Å². The van der Waals surface area contributed by atoms with E-state index in [9.17, 15) is 9.59 Å². The lowest BCUT2D eigenvalue weighted by molar-refractivity contribution is -0.114. The number of anilines is 2. The van der Waals surface area contributed by atoms with Gasteiger partial charge in [0.05, 0.1) is 11.8 Å². The molecule has 164 valence electrons. The van der Waals surface area contributed by atoms with Crippen LogP contribution in [-0.4, -0.2) is 27.5 Å². The van der Waals surface area contributed by atoms with Gasteiger partial charge < -0.3 is 14.6 Å². The molecular formula is C23H28N4O3S. The second-order valence-corrected chi connectivity index (χ2v) is 8.93. The molecule has 0 saturated heterocycles. The highest BCUT2D eigenvalue weighted by atomic mass is 32.1. The summed E-state index contributed by atoms with van der Waals surface area (Å²) in [6.07, 6.45) is 1.94. The Morgan fingerprint density at radius 3 is 2.52 bits per heavy atom. The van der Waals surface area contributed by atoms with Gasteiger partial charge in [-0.15, -0.1) is 11.3 Å². The molecule has 0 saturated carbocycles. The molecule has 0 unspecified atom stereocenters. The van der Waals surface area contributed by atoms with E-state index in [0.717, 1.165) is 16.9 Å². The molecule has 31 heavy (non-hydrogen) atoms. The number of hydrogen-bond donors (Lipinski definition) is 2. The van der Waals surface area contributed by atoms with Gasteiger partial charge in [0.2, 0.25) is 5.91 Å². The standard InChI is InChI=1S/C23H28N4O3S/c1-15(2)30-23(4,5)20-14-31-22(25-20)26-21(29)19-7-6-12-27(19)13-17-8-10-18(11-9-17)24-16(3)28/h6-12,14-15H,13H2,1-5H3,(H,24,28)(H,25,26,29). The lowest BCUT2D eigenvalue weighted by atomic mass is 10.1. The van der Waals surface area contributed by atoms with E-state index >= 15 is 0 Å². The first kappa shape index (κ1) is 22.7. The zero-order chi connectivity index (χ0) is 22.6. The van der Waals surface area contributed by atoms with E-state index in [0.29, 0.717) is 17.4 Å². The van der Waals surface area contributed by atoms with Crippen LogP contribution in [0.25, 0.3) is 0 Å². The van der Waals surface area contributed by atoms with E-state index in [4.69, 9.17) is 4.74 Å². The number of ether oxygens (including phenoxy) is 1. The molecule has 2 heterocycles. The maximum Gasteiger partial charge on any atom is 0.274 e. The number of hydrogen-bond acceptors (Lipinski definition) is 5. The van der Waals surface area contributed by atoms with Gasteiger partial charge >= 0.3 is 0 Å². The van der Waals surface area contributed by atoms with Gasteiger partial charge in [-0.1, -0.05) is 12.1 Å². The average molecular weight is 441 g/mol. The first-order chi connectivity index (χ1) is 14.6. The van der Waals surface area contributed by atoms with Gasteiger partial charge in [-0.25, -0.2) is 4.98 Å². The topological polar surface area (TPSA) is 85.3 Å². The molecule has 7 nitrogen and oxygen atoms in total. The molecule has 2 aromatic heterocycles. The van der Waals surface area contributed by atoms with E-state index < -0.39 is 5.60 Å². The summed E-state index contributed by atoms with van der Waals surface area (Å²) in [6.45, 7) is 9.92. The van der Waals surface area contributed by atoms with Crippen LogP contribution in [0.4, 0.5) is 10.8 Å². The second kappa shape index (κ2) is 9.45. The number of nitrogens with zero attached hydrogens (tertiary/aromatic N) is 2. The van der Waals surface area contributed by atoms with Gasteiger partial charge in [-0.05, 0) is 57.5 Å². The highest BCUT2D eigenvalue weighted by Gasteiger charge is 2.26. The summed E-state index contributed by atoms with van der Waals surface area (Å²) < 4.78 is 7.81. The molecular weight excluding hydrogens is 412 g/mol. The van der Waals surface area contributed by atoms with Crippen molar-refractivity contribution in [1.82, 2.24) is 9.55 Å². The molecule has 0 aliphatic heterocycles. The Bertz CT molecular complexity index is 1050. The van der Waals surface area contributed by atoms with Crippen LogP contribution in [0.15, 0.2) is 48.0 Å². The van der Waals surface area contributed by atoms with Crippen LogP contribution in [0.3, 0.4) is 0 Å². The van der Waals surface area contributed by atoms with Crippen molar-refractivity contribution >= 4 is 34.0 Å². The Hall–Kier alpha value is -2.97. The molecule has 0 radical (unpaired) electrons. The number of amides is 2. The zero-order valence-corrected chi connectivity index (χ0v) is 19.2. The lowest BCUT2D eigenvalue weighted by Gasteiger charge is -2.25. The molecule has 2 N–H and O–H groups in total. The molecule has 3 aromatic rings. The van der Waals surface area contributed by atoms with Crippen LogP contribution in [0.1, 0.15) is 56.4 Å². The number of thiazole rings is 1. The summed E-state index contributed by atoms with van der Waals surface area (Å²) in [5.41, 5.74) is 2.56. The normalized spacial score (nSPS) is 11.5. The minimum atomic E-state index is -0.530. The van der Waals surface area contributed by atoms with E-state index in [1.165, 1.54) is 18.3 Å². The Kier molecular flexibility index (Phi) is 6.92. The van der Waals surface area contributed by atoms with E-state index in [2.05, 4.69) is 15.6 Å². The van der Waals surface area contributed by atoms with Crippen LogP contribution < -0.4 is 10.6 Å². The second-order valence-electron chi connectivity index (χ2n) is 8.07. The summed E-state index contributed by atoms with van der Waals surface area (Å²) in [4.78, 5) is 28.6. The highest BCUT2D eigenvalue weighted by molar-refractivity contribution is 7.14. The largest absolute Gasteiger partial charge is 0.367 e. The third kappa shape index (κ3) is 6.02. The quantitative estimate of drug-likeness (QED) is 0.524. The minimum absolute atomic E-state index is 0.0744. The number of nitrogens with one attached hydrogen (secondary N) is 2. The fourth-order valence-electron chi connectivity index (χ4n) is 3.27. The smallest absolute Gasteiger partial charge is 0.274 e. The van der Waals surface area contributed by atoms with E-state index in [1.807, 2.05) is 74.2 Å². The number of carbonyl (C=O) groups is 2. The van der Waals surface area contributed by atoms with Crippen molar-refractivity contribution in [3.8, 4) is 0 Å². The predicted molar refractivity (Wildman–Crippen MR) is 124 cm³/mol. The fraction of sp³-hybridized carbons (Fsp3) is 0.348. The Morgan fingerprint density at radius 1 is 1.16 bits per heavy atom. The van der Waals surface area contributed by atoms with Crippen LogP contribution in [0.5, 0.6) is 0 Å². The minimum Gasteiger partial charge on any atom is -0.367 e. The first-order valence-corrected chi connectivity index (χ1v) is 11.0. The number of rotatable bonds is 8. The van der Waals surface area contributed by atoms with Gasteiger partial charge in [0, 0.05) is 30.7 Å². The van der Waals surface area contributed by atoms with Crippen molar-refractivity contribution in [1.29, 1.82) is 0 Å². The number of benzene rings is 1. The lowest BCUT2D eigenvalue weighted by Crippen LogP contribution is -2.26. The highest BCUT2D eigenvalue weighted by Crippen LogP contribution is 2.29. The van der Waals surface area contributed by atoms with Crippen molar-refractivity contribution < 1.29 is 14.3 Å². The van der Waals surface area contributed by atoms with Gasteiger partial charge in [-0.3, -0.25) is 14.9 Å². The van der Waals surface area contributed by atoms with Crippen molar-refractivity contribution in [2.45, 2.75) is 52.9 Å². The molecule has 0 aliphatic rings. The average Bonchev–Trinajstić information content (AvgIpc) is 3.32. The van der Waals surface area contributed by atoms with Crippen LogP contribution in [0, 0.1) is 0 Å². The molecule has 0 aliphatic carbocycles. The maximum absolute atomic E-state index is 12.9. The fourth-order valence-corrected chi connectivity index (χ4v) is 4.13. The number of aromatic nitrogens is 2. The Morgan fingerprint density at radius 2 is 1.87 bits per heavy atom. The van der Waals surface area contributed by atoms with E-state index in [-0.39, 0.29) is 17.9 Å². The summed E-state index contributed by atoms with van der Waals surface area (Å²) in [7, 11) is 0. The van der Waals surface area contributed by atoms with Crippen LogP contribution in [-0.2, 0) is 21.7 Å². The summed E-state index contributed by atoms with van der Waals surface area (Å²) in [5, 5.41) is 8.08. The molecule has 3 rings (SSSR count). The predicted octanol–water partition coefficient (Wildman–Crippen LogP) is 4.86. The van der Waals surface area contributed by atoms with Gasteiger partial charge in [-0.2, -0.15) is 0 Å².